The Morgan fingerprint density at radius 1 is 1.18 bits per heavy atom. The molecule has 0 radical (unpaired) electrons. The minimum atomic E-state index is -0.610. The van der Waals surface area contributed by atoms with Crippen LogP contribution in [0.25, 0.3) is 6.08 Å². The minimum absolute atomic E-state index is 0.0271. The van der Waals surface area contributed by atoms with Gasteiger partial charge in [-0.15, -0.1) is 0 Å². The summed E-state index contributed by atoms with van der Waals surface area (Å²) in [6.45, 7) is 0. The summed E-state index contributed by atoms with van der Waals surface area (Å²) in [7, 11) is 0. The second-order valence-electron chi connectivity index (χ2n) is 4.29. The molecule has 2 aromatic rings. The fourth-order valence-corrected chi connectivity index (χ4v) is 2.10. The smallest absolute Gasteiger partial charge is 0.363 e. The van der Waals surface area contributed by atoms with Crippen molar-refractivity contribution in [3.8, 4) is 0 Å². The van der Waals surface area contributed by atoms with Crippen LogP contribution in [0.15, 0.2) is 56.2 Å². The zero-order chi connectivity index (χ0) is 15.7. The van der Waals surface area contributed by atoms with E-state index in [-0.39, 0.29) is 17.3 Å². The normalized spacial score (nSPS) is 15.8. The molecule has 0 saturated carbocycles. The van der Waals surface area contributed by atoms with Gasteiger partial charge >= 0.3 is 5.97 Å². The molecule has 0 aliphatic carbocycles. The number of halogens is 1. The van der Waals surface area contributed by atoms with Crippen molar-refractivity contribution in [3.63, 3.8) is 0 Å². The number of aliphatic imine (C=N–C) groups is 1. The second kappa shape index (κ2) is 5.57. The minimum Gasteiger partial charge on any atom is -0.444 e. The zero-order valence-corrected chi connectivity index (χ0v) is 12.4. The number of esters is 1. The maximum atomic E-state index is 11.8. The molecule has 7 nitrogen and oxygen atoms in total. The third kappa shape index (κ3) is 2.82. The lowest BCUT2D eigenvalue weighted by atomic mass is 10.2. The van der Waals surface area contributed by atoms with E-state index in [4.69, 9.17) is 9.15 Å². The van der Waals surface area contributed by atoms with Crippen molar-refractivity contribution in [1.82, 2.24) is 0 Å². The van der Waals surface area contributed by atoms with E-state index in [1.54, 1.807) is 12.1 Å². The predicted molar refractivity (Wildman–Crippen MR) is 80.1 cm³/mol. The molecule has 0 atom stereocenters. The van der Waals surface area contributed by atoms with Crippen LogP contribution in [0, 0.1) is 10.1 Å². The first-order valence-electron chi connectivity index (χ1n) is 6.05. The number of hydrogen-bond donors (Lipinski definition) is 0. The Morgan fingerprint density at radius 3 is 2.50 bits per heavy atom. The highest BCUT2D eigenvalue weighted by molar-refractivity contribution is 9.10. The first kappa shape index (κ1) is 14.2. The molecular formula is C14H7BrN2O5. The highest BCUT2D eigenvalue weighted by atomic mass is 79.9. The number of nitrogens with zero attached hydrogens (tertiary/aromatic N) is 2. The number of cyclic esters (lactones) is 1. The number of ether oxygens (including phenoxy) is 1. The number of carbonyl (C=O) groups is 1. The van der Waals surface area contributed by atoms with Crippen molar-refractivity contribution >= 4 is 39.6 Å². The van der Waals surface area contributed by atoms with E-state index in [0.717, 1.165) is 0 Å². The van der Waals surface area contributed by atoms with Gasteiger partial charge in [-0.05, 0) is 51.8 Å². The summed E-state index contributed by atoms with van der Waals surface area (Å²) >= 11 is 3.15. The number of nitro groups is 1. The third-order valence-corrected chi connectivity index (χ3v) is 3.24. The molecule has 110 valence electrons. The summed E-state index contributed by atoms with van der Waals surface area (Å²) in [6.07, 6.45) is 1.48. The standard InChI is InChI=1S/C14H7BrN2O5/c15-12-6-5-11(21-12)13-16-10(14(18)22-13)7-8-1-3-9(4-2-8)17(19)20/h1-7H/b10-7+. The Hall–Kier alpha value is -2.74. The number of benzene rings is 1. The van der Waals surface area contributed by atoms with Crippen LogP contribution >= 0.6 is 15.9 Å². The van der Waals surface area contributed by atoms with Crippen LogP contribution in [0.2, 0.25) is 0 Å². The highest BCUT2D eigenvalue weighted by Crippen LogP contribution is 2.22. The number of furan rings is 1. The van der Waals surface area contributed by atoms with Gasteiger partial charge in [0.05, 0.1) is 4.92 Å². The van der Waals surface area contributed by atoms with Gasteiger partial charge in [0.25, 0.3) is 11.6 Å². The summed E-state index contributed by atoms with van der Waals surface area (Å²) in [6, 6.07) is 9.02. The molecule has 0 fully saturated rings. The number of carbonyl (C=O) groups excluding carboxylic acids is 1. The van der Waals surface area contributed by atoms with Gasteiger partial charge in [0.1, 0.15) is 0 Å². The van der Waals surface area contributed by atoms with E-state index >= 15 is 0 Å². The Morgan fingerprint density at radius 2 is 1.91 bits per heavy atom. The summed E-state index contributed by atoms with van der Waals surface area (Å²) < 4.78 is 10.8. The van der Waals surface area contributed by atoms with E-state index in [1.165, 1.54) is 30.3 Å². The molecule has 0 unspecified atom stereocenters. The zero-order valence-electron chi connectivity index (χ0n) is 10.9. The average Bonchev–Trinajstić information content (AvgIpc) is 3.06. The van der Waals surface area contributed by atoms with Gasteiger partial charge in [0.2, 0.25) is 0 Å². The molecule has 0 bridgehead atoms. The van der Waals surface area contributed by atoms with Gasteiger partial charge in [-0.25, -0.2) is 9.79 Å². The molecule has 1 aromatic heterocycles. The Kier molecular flexibility index (Phi) is 3.60. The molecule has 0 saturated heterocycles. The quantitative estimate of drug-likeness (QED) is 0.361. The third-order valence-electron chi connectivity index (χ3n) is 2.81. The van der Waals surface area contributed by atoms with Crippen molar-refractivity contribution in [3.05, 3.63) is 68.2 Å². The molecule has 8 heteroatoms. The summed E-state index contributed by atoms with van der Waals surface area (Å²) in [5, 5.41) is 10.6. The summed E-state index contributed by atoms with van der Waals surface area (Å²) in [5.41, 5.74) is 0.667. The molecule has 0 spiro atoms. The van der Waals surface area contributed by atoms with Crippen LogP contribution in [0.1, 0.15) is 11.3 Å². The first-order valence-corrected chi connectivity index (χ1v) is 6.85. The van der Waals surface area contributed by atoms with Gasteiger partial charge in [0.15, 0.2) is 16.1 Å². The first-order chi connectivity index (χ1) is 10.5. The predicted octanol–water partition coefficient (Wildman–Crippen LogP) is 3.29. The maximum Gasteiger partial charge on any atom is 0.363 e. The van der Waals surface area contributed by atoms with Crippen LogP contribution in [-0.4, -0.2) is 16.8 Å². The van der Waals surface area contributed by atoms with Crippen LogP contribution in [0.4, 0.5) is 5.69 Å². The number of nitro benzene ring substituents is 1. The maximum absolute atomic E-state index is 11.8. The molecule has 1 aliphatic heterocycles. The second-order valence-corrected chi connectivity index (χ2v) is 5.07. The van der Waals surface area contributed by atoms with Crippen LogP contribution in [0.3, 0.4) is 0 Å². The van der Waals surface area contributed by atoms with Gasteiger partial charge < -0.3 is 9.15 Å². The summed E-state index contributed by atoms with van der Waals surface area (Å²) in [5.74, 6) is -0.211. The largest absolute Gasteiger partial charge is 0.444 e. The van der Waals surface area contributed by atoms with Gasteiger partial charge in [0, 0.05) is 12.1 Å². The molecule has 0 N–H and O–H groups in total. The fourth-order valence-electron chi connectivity index (χ4n) is 1.79. The molecule has 3 rings (SSSR count). The van der Waals surface area contributed by atoms with Crippen LogP contribution in [0.5, 0.6) is 0 Å². The SMILES string of the molecule is O=C1OC(c2ccc(Br)o2)=N/C1=C/c1ccc([N+](=O)[O-])cc1. The Labute approximate surface area is 132 Å². The molecule has 1 aromatic carbocycles. The molecule has 22 heavy (non-hydrogen) atoms. The monoisotopic (exact) mass is 362 g/mol. The van der Waals surface area contributed by atoms with Crippen molar-refractivity contribution in [2.45, 2.75) is 0 Å². The number of rotatable bonds is 3. The van der Waals surface area contributed by atoms with Gasteiger partial charge in [-0.3, -0.25) is 10.1 Å². The highest BCUT2D eigenvalue weighted by Gasteiger charge is 2.26. The lowest BCUT2D eigenvalue weighted by molar-refractivity contribution is -0.384. The van der Waals surface area contributed by atoms with Crippen molar-refractivity contribution in [2.75, 3.05) is 0 Å². The van der Waals surface area contributed by atoms with E-state index in [2.05, 4.69) is 20.9 Å². The van der Waals surface area contributed by atoms with Gasteiger partial charge in [-0.2, -0.15) is 0 Å². The van der Waals surface area contributed by atoms with Crippen molar-refractivity contribution < 1.29 is 18.9 Å². The molecular weight excluding hydrogens is 356 g/mol. The van der Waals surface area contributed by atoms with E-state index in [9.17, 15) is 14.9 Å². The molecule has 0 amide bonds. The molecule has 2 heterocycles. The lowest BCUT2D eigenvalue weighted by Gasteiger charge is -1.94. The van der Waals surface area contributed by atoms with Crippen molar-refractivity contribution in [1.29, 1.82) is 0 Å². The van der Waals surface area contributed by atoms with E-state index in [0.29, 0.717) is 16.0 Å². The van der Waals surface area contributed by atoms with Crippen molar-refractivity contribution in [2.24, 2.45) is 4.99 Å². The fraction of sp³-hybridized carbons (Fsp3) is 0. The average molecular weight is 363 g/mol. The summed E-state index contributed by atoms with van der Waals surface area (Å²) in [4.78, 5) is 25.9. The lowest BCUT2D eigenvalue weighted by Crippen LogP contribution is -2.04. The van der Waals surface area contributed by atoms with Crippen LogP contribution in [-0.2, 0) is 9.53 Å². The number of non-ortho nitro benzene ring substituents is 1. The number of hydrogen-bond acceptors (Lipinski definition) is 6. The van der Waals surface area contributed by atoms with E-state index < -0.39 is 10.9 Å². The molecule has 1 aliphatic rings. The van der Waals surface area contributed by atoms with Gasteiger partial charge in [-0.1, -0.05) is 0 Å². The van der Waals surface area contributed by atoms with Crippen LogP contribution < -0.4 is 0 Å². The topological polar surface area (TPSA) is 94.9 Å². The Balaban J connectivity index is 1.88. The Bertz CT molecular complexity index is 820. The van der Waals surface area contributed by atoms with E-state index in [1.807, 2.05) is 0 Å².